The van der Waals surface area contributed by atoms with Crippen molar-refractivity contribution in [3.05, 3.63) is 54.1 Å². The Bertz CT molecular complexity index is 856. The van der Waals surface area contributed by atoms with Crippen molar-refractivity contribution in [2.24, 2.45) is 5.73 Å². The second kappa shape index (κ2) is 6.75. The lowest BCUT2D eigenvalue weighted by Crippen LogP contribution is -2.35. The number of benzene rings is 2. The van der Waals surface area contributed by atoms with Gasteiger partial charge in [-0.15, -0.1) is 0 Å². The van der Waals surface area contributed by atoms with Gasteiger partial charge in [-0.25, -0.2) is 8.42 Å². The zero-order valence-electron chi connectivity index (χ0n) is 13.3. The topological polar surface area (TPSA) is 80.5 Å². The second-order valence-electron chi connectivity index (χ2n) is 5.94. The van der Waals surface area contributed by atoms with Crippen LogP contribution in [0.1, 0.15) is 29.6 Å². The molecule has 5 nitrogen and oxygen atoms in total. The summed E-state index contributed by atoms with van der Waals surface area (Å²) in [5.74, 6) is -0.506. The fourth-order valence-electron chi connectivity index (χ4n) is 2.94. The van der Waals surface area contributed by atoms with Crippen LogP contribution in [-0.4, -0.2) is 31.7 Å². The van der Waals surface area contributed by atoms with E-state index in [1.807, 2.05) is 12.1 Å². The van der Waals surface area contributed by atoms with E-state index in [1.54, 1.807) is 40.7 Å². The van der Waals surface area contributed by atoms with Crippen molar-refractivity contribution in [2.45, 2.75) is 24.2 Å². The average Bonchev–Trinajstić information content (AvgIpc) is 2.62. The van der Waals surface area contributed by atoms with Crippen LogP contribution in [0.5, 0.6) is 0 Å². The Morgan fingerprint density at radius 1 is 0.917 bits per heavy atom. The summed E-state index contributed by atoms with van der Waals surface area (Å²) >= 11 is 0. The summed E-state index contributed by atoms with van der Waals surface area (Å²) in [5, 5.41) is 0. The first-order chi connectivity index (χ1) is 11.5. The van der Waals surface area contributed by atoms with Crippen LogP contribution in [0, 0.1) is 0 Å². The molecule has 0 atom stereocenters. The lowest BCUT2D eigenvalue weighted by molar-refractivity contribution is 0.100. The molecular weight excluding hydrogens is 324 g/mol. The summed E-state index contributed by atoms with van der Waals surface area (Å²) in [7, 11) is -3.48. The second-order valence-corrected chi connectivity index (χ2v) is 7.88. The number of rotatable bonds is 4. The highest BCUT2D eigenvalue weighted by molar-refractivity contribution is 7.89. The Balaban J connectivity index is 1.97. The number of amides is 1. The molecule has 0 aromatic heterocycles. The molecule has 24 heavy (non-hydrogen) atoms. The third kappa shape index (κ3) is 3.34. The molecule has 1 amide bonds. The van der Waals surface area contributed by atoms with Crippen molar-refractivity contribution >= 4 is 15.9 Å². The van der Waals surface area contributed by atoms with Gasteiger partial charge in [0.1, 0.15) is 0 Å². The predicted molar refractivity (Wildman–Crippen MR) is 93.0 cm³/mol. The van der Waals surface area contributed by atoms with Crippen molar-refractivity contribution < 1.29 is 13.2 Å². The fourth-order valence-corrected chi connectivity index (χ4v) is 4.51. The number of hydrogen-bond acceptors (Lipinski definition) is 3. The Kier molecular flexibility index (Phi) is 4.69. The SMILES string of the molecule is NC(=O)c1cccc(-c2cccc(S(=O)(=O)N3CCCCC3)c2)c1. The molecule has 0 saturated carbocycles. The Hall–Kier alpha value is -2.18. The Labute approximate surface area is 142 Å². The summed E-state index contributed by atoms with van der Waals surface area (Å²) in [6.45, 7) is 1.15. The van der Waals surface area contributed by atoms with E-state index in [2.05, 4.69) is 0 Å². The van der Waals surface area contributed by atoms with E-state index in [1.165, 1.54) is 0 Å². The van der Waals surface area contributed by atoms with Gasteiger partial charge in [-0.1, -0.05) is 30.7 Å². The monoisotopic (exact) mass is 344 g/mol. The van der Waals surface area contributed by atoms with Crippen LogP contribution in [0.4, 0.5) is 0 Å². The third-order valence-electron chi connectivity index (χ3n) is 4.27. The standard InChI is InChI=1S/C18H20N2O3S/c19-18(21)16-8-4-6-14(12-16)15-7-5-9-17(13-15)24(22,23)20-10-2-1-3-11-20/h4-9,12-13H,1-3,10-11H2,(H2,19,21). The summed E-state index contributed by atoms with van der Waals surface area (Å²) in [4.78, 5) is 11.6. The molecule has 2 aromatic carbocycles. The molecule has 1 fully saturated rings. The highest BCUT2D eigenvalue weighted by atomic mass is 32.2. The average molecular weight is 344 g/mol. The van der Waals surface area contributed by atoms with Gasteiger partial charge in [0.25, 0.3) is 0 Å². The minimum absolute atomic E-state index is 0.284. The van der Waals surface area contributed by atoms with Gasteiger partial charge in [-0.3, -0.25) is 4.79 Å². The number of nitrogens with two attached hydrogens (primary N) is 1. The third-order valence-corrected chi connectivity index (χ3v) is 6.16. The Morgan fingerprint density at radius 2 is 1.54 bits per heavy atom. The van der Waals surface area contributed by atoms with E-state index >= 15 is 0 Å². The quantitative estimate of drug-likeness (QED) is 0.926. The molecule has 0 radical (unpaired) electrons. The Morgan fingerprint density at radius 3 is 2.21 bits per heavy atom. The predicted octanol–water partition coefficient (Wildman–Crippen LogP) is 2.63. The first-order valence-electron chi connectivity index (χ1n) is 7.99. The van der Waals surface area contributed by atoms with E-state index in [0.29, 0.717) is 18.7 Å². The molecule has 2 aromatic rings. The maximum Gasteiger partial charge on any atom is 0.248 e. The van der Waals surface area contributed by atoms with E-state index < -0.39 is 15.9 Å². The molecule has 2 N–H and O–H groups in total. The van der Waals surface area contributed by atoms with Crippen LogP contribution < -0.4 is 5.73 Å². The summed E-state index contributed by atoms with van der Waals surface area (Å²) in [6.07, 6.45) is 2.88. The van der Waals surface area contributed by atoms with E-state index in [0.717, 1.165) is 30.4 Å². The van der Waals surface area contributed by atoms with Crippen molar-refractivity contribution in [1.82, 2.24) is 4.31 Å². The first kappa shape index (κ1) is 16.7. The molecule has 0 aliphatic carbocycles. The summed E-state index contributed by atoms with van der Waals surface area (Å²) in [6, 6.07) is 13.7. The van der Waals surface area contributed by atoms with Crippen molar-refractivity contribution in [3.63, 3.8) is 0 Å². The zero-order chi connectivity index (χ0) is 17.2. The number of nitrogens with zero attached hydrogens (tertiary/aromatic N) is 1. The molecule has 0 bridgehead atoms. The summed E-state index contributed by atoms with van der Waals surface area (Å²) in [5.41, 5.74) is 7.23. The van der Waals surface area contributed by atoms with Crippen LogP contribution in [0.2, 0.25) is 0 Å². The zero-order valence-corrected chi connectivity index (χ0v) is 14.1. The molecule has 0 spiro atoms. The van der Waals surface area contributed by atoms with Crippen molar-refractivity contribution in [1.29, 1.82) is 0 Å². The molecule has 1 aliphatic heterocycles. The minimum Gasteiger partial charge on any atom is -0.366 e. The largest absolute Gasteiger partial charge is 0.366 e. The van der Waals surface area contributed by atoms with E-state index in [9.17, 15) is 13.2 Å². The molecule has 126 valence electrons. The van der Waals surface area contributed by atoms with Gasteiger partial charge in [0, 0.05) is 18.7 Å². The van der Waals surface area contributed by atoms with Crippen LogP contribution in [0.15, 0.2) is 53.4 Å². The smallest absolute Gasteiger partial charge is 0.248 e. The minimum atomic E-state index is -3.48. The highest BCUT2D eigenvalue weighted by Crippen LogP contribution is 2.26. The molecule has 6 heteroatoms. The number of sulfonamides is 1. The molecule has 0 unspecified atom stereocenters. The van der Waals surface area contributed by atoms with E-state index in [4.69, 9.17) is 5.73 Å². The molecular formula is C18H20N2O3S. The number of piperidine rings is 1. The number of carbonyl (C=O) groups excluding carboxylic acids is 1. The molecule has 1 saturated heterocycles. The van der Waals surface area contributed by atoms with Crippen LogP contribution in [0.25, 0.3) is 11.1 Å². The van der Waals surface area contributed by atoms with E-state index in [-0.39, 0.29) is 4.90 Å². The summed E-state index contributed by atoms with van der Waals surface area (Å²) < 4.78 is 27.1. The van der Waals surface area contributed by atoms with Gasteiger partial charge in [0.2, 0.25) is 15.9 Å². The lowest BCUT2D eigenvalue weighted by atomic mass is 10.0. The number of carbonyl (C=O) groups is 1. The number of hydrogen-bond donors (Lipinski definition) is 1. The lowest BCUT2D eigenvalue weighted by Gasteiger charge is -2.26. The number of primary amides is 1. The fraction of sp³-hybridized carbons (Fsp3) is 0.278. The van der Waals surface area contributed by atoms with Gasteiger partial charge in [0.15, 0.2) is 0 Å². The van der Waals surface area contributed by atoms with Gasteiger partial charge in [-0.2, -0.15) is 4.31 Å². The van der Waals surface area contributed by atoms with Crippen LogP contribution >= 0.6 is 0 Å². The highest BCUT2D eigenvalue weighted by Gasteiger charge is 2.26. The van der Waals surface area contributed by atoms with Crippen LogP contribution in [0.3, 0.4) is 0 Å². The normalized spacial score (nSPS) is 16.0. The van der Waals surface area contributed by atoms with Gasteiger partial charge >= 0.3 is 0 Å². The van der Waals surface area contributed by atoms with Gasteiger partial charge in [0.05, 0.1) is 4.90 Å². The molecule has 3 rings (SSSR count). The van der Waals surface area contributed by atoms with Gasteiger partial charge < -0.3 is 5.73 Å². The maximum atomic E-state index is 12.8. The van der Waals surface area contributed by atoms with Crippen molar-refractivity contribution in [3.8, 4) is 11.1 Å². The molecule has 1 heterocycles. The van der Waals surface area contributed by atoms with Gasteiger partial charge in [-0.05, 0) is 48.2 Å². The maximum absolute atomic E-state index is 12.8. The first-order valence-corrected chi connectivity index (χ1v) is 9.43. The van der Waals surface area contributed by atoms with Crippen molar-refractivity contribution in [2.75, 3.05) is 13.1 Å². The molecule has 1 aliphatic rings. The van der Waals surface area contributed by atoms with Crippen LogP contribution in [-0.2, 0) is 10.0 Å².